The summed E-state index contributed by atoms with van der Waals surface area (Å²) in [6, 6.07) is 4.08. The zero-order valence-electron chi connectivity index (χ0n) is 9.70. The Morgan fingerprint density at radius 3 is 2.69 bits per heavy atom. The molecule has 1 saturated carbocycles. The lowest BCUT2D eigenvalue weighted by molar-refractivity contribution is 0.404. The fourth-order valence-corrected chi connectivity index (χ4v) is 2.03. The predicted molar refractivity (Wildman–Crippen MR) is 64.8 cm³/mol. The van der Waals surface area contributed by atoms with Crippen LogP contribution in [0.15, 0.2) is 12.1 Å². The molecule has 1 N–H and O–H groups in total. The van der Waals surface area contributed by atoms with Gasteiger partial charge in [0.15, 0.2) is 5.65 Å². The van der Waals surface area contributed by atoms with E-state index in [1.54, 1.807) is 0 Å². The van der Waals surface area contributed by atoms with Gasteiger partial charge in [0, 0.05) is 20.0 Å². The predicted octanol–water partition coefficient (Wildman–Crippen LogP) is 2.29. The molecule has 0 atom stereocenters. The van der Waals surface area contributed by atoms with Crippen LogP contribution in [0, 0.1) is 0 Å². The minimum Gasteiger partial charge on any atom is -0.363 e. The molecule has 0 aromatic carbocycles. The summed E-state index contributed by atoms with van der Waals surface area (Å²) >= 11 is 0. The number of aromatic nitrogens is 3. The van der Waals surface area contributed by atoms with Gasteiger partial charge < -0.3 is 9.88 Å². The van der Waals surface area contributed by atoms with Crippen molar-refractivity contribution in [3.05, 3.63) is 18.0 Å². The van der Waals surface area contributed by atoms with Crippen molar-refractivity contribution in [3.8, 4) is 0 Å². The van der Waals surface area contributed by atoms with Gasteiger partial charge in [-0.15, -0.1) is 0 Å². The largest absolute Gasteiger partial charge is 0.363 e. The van der Waals surface area contributed by atoms with Crippen molar-refractivity contribution in [3.63, 3.8) is 0 Å². The van der Waals surface area contributed by atoms with Gasteiger partial charge in [0.1, 0.15) is 11.6 Å². The van der Waals surface area contributed by atoms with Gasteiger partial charge in [-0.1, -0.05) is 6.42 Å². The second-order valence-electron chi connectivity index (χ2n) is 4.68. The van der Waals surface area contributed by atoms with Crippen LogP contribution < -0.4 is 4.90 Å². The van der Waals surface area contributed by atoms with Crippen LogP contribution in [0.3, 0.4) is 0 Å². The molecule has 0 amide bonds. The number of anilines is 1. The number of nitrogens with zero attached hydrogens (tertiary/aromatic N) is 3. The minimum atomic E-state index is 0.636. The van der Waals surface area contributed by atoms with Gasteiger partial charge in [-0.25, -0.2) is 9.97 Å². The Balaban J connectivity index is 2.03. The first kappa shape index (κ1) is 9.63. The number of hydrogen-bond acceptors (Lipinski definition) is 3. The first-order valence-corrected chi connectivity index (χ1v) is 5.78. The van der Waals surface area contributed by atoms with Gasteiger partial charge in [-0.2, -0.15) is 0 Å². The minimum absolute atomic E-state index is 0.636. The molecule has 0 saturated heterocycles. The summed E-state index contributed by atoms with van der Waals surface area (Å²) in [4.78, 5) is 14.5. The lowest BCUT2D eigenvalue weighted by Gasteiger charge is -2.22. The summed E-state index contributed by atoms with van der Waals surface area (Å²) in [7, 11) is 3.99. The highest BCUT2D eigenvalue weighted by atomic mass is 15.1. The fourth-order valence-electron chi connectivity index (χ4n) is 2.03. The first-order chi connectivity index (χ1) is 7.74. The van der Waals surface area contributed by atoms with Crippen LogP contribution in [0.2, 0.25) is 0 Å². The summed E-state index contributed by atoms with van der Waals surface area (Å²) in [5.41, 5.74) is 1.89. The molecule has 0 radical (unpaired) electrons. The van der Waals surface area contributed by atoms with E-state index in [0.717, 1.165) is 22.8 Å². The highest BCUT2D eigenvalue weighted by Gasteiger charge is 2.22. The van der Waals surface area contributed by atoms with Crippen LogP contribution in [0.4, 0.5) is 5.82 Å². The lowest BCUT2D eigenvalue weighted by atomic mass is 9.85. The van der Waals surface area contributed by atoms with E-state index < -0.39 is 0 Å². The molecule has 4 heteroatoms. The Kier molecular flexibility index (Phi) is 2.09. The number of hydrogen-bond donors (Lipinski definition) is 1. The molecule has 0 unspecified atom stereocenters. The Bertz CT molecular complexity index is 511. The van der Waals surface area contributed by atoms with Crippen molar-refractivity contribution in [2.45, 2.75) is 25.2 Å². The summed E-state index contributed by atoms with van der Waals surface area (Å²) in [5, 5.41) is 0. The smallest absolute Gasteiger partial charge is 0.179 e. The quantitative estimate of drug-likeness (QED) is 0.837. The SMILES string of the molecule is CN(C)c1ccc2[nH]c(C3CCC3)nc2n1. The third-order valence-corrected chi connectivity index (χ3v) is 3.30. The maximum Gasteiger partial charge on any atom is 0.179 e. The normalized spacial score (nSPS) is 16.4. The molecule has 4 nitrogen and oxygen atoms in total. The molecular formula is C12H16N4. The number of imidazole rings is 1. The Labute approximate surface area is 94.7 Å². The molecule has 1 fully saturated rings. The van der Waals surface area contributed by atoms with E-state index in [1.165, 1.54) is 19.3 Å². The number of pyridine rings is 1. The van der Waals surface area contributed by atoms with Crippen LogP contribution >= 0.6 is 0 Å². The van der Waals surface area contributed by atoms with E-state index in [2.05, 4.69) is 21.0 Å². The van der Waals surface area contributed by atoms with Crippen molar-refractivity contribution in [1.82, 2.24) is 15.0 Å². The maximum absolute atomic E-state index is 4.58. The fraction of sp³-hybridized carbons (Fsp3) is 0.500. The summed E-state index contributed by atoms with van der Waals surface area (Å²) in [6.07, 6.45) is 3.86. The van der Waals surface area contributed by atoms with Crippen LogP contribution in [0.1, 0.15) is 31.0 Å². The Morgan fingerprint density at radius 2 is 2.06 bits per heavy atom. The summed E-state index contributed by atoms with van der Waals surface area (Å²) in [5.74, 6) is 2.71. The highest BCUT2D eigenvalue weighted by Crippen LogP contribution is 2.35. The average molecular weight is 216 g/mol. The second-order valence-corrected chi connectivity index (χ2v) is 4.68. The summed E-state index contributed by atoms with van der Waals surface area (Å²) < 4.78 is 0. The monoisotopic (exact) mass is 216 g/mol. The Morgan fingerprint density at radius 1 is 1.25 bits per heavy atom. The van der Waals surface area contributed by atoms with E-state index in [1.807, 2.05) is 25.1 Å². The van der Waals surface area contributed by atoms with Crippen molar-refractivity contribution >= 4 is 17.0 Å². The third-order valence-electron chi connectivity index (χ3n) is 3.30. The molecule has 2 aromatic heterocycles. The van der Waals surface area contributed by atoms with Gasteiger partial charge >= 0.3 is 0 Å². The van der Waals surface area contributed by atoms with Crippen LogP contribution in [0.25, 0.3) is 11.2 Å². The topological polar surface area (TPSA) is 44.8 Å². The first-order valence-electron chi connectivity index (χ1n) is 5.78. The zero-order valence-corrected chi connectivity index (χ0v) is 9.70. The molecule has 1 aliphatic carbocycles. The molecule has 16 heavy (non-hydrogen) atoms. The van der Waals surface area contributed by atoms with Gasteiger partial charge in [-0.3, -0.25) is 0 Å². The van der Waals surface area contributed by atoms with E-state index in [0.29, 0.717) is 5.92 Å². The van der Waals surface area contributed by atoms with Crippen LogP contribution in [-0.2, 0) is 0 Å². The van der Waals surface area contributed by atoms with E-state index in [9.17, 15) is 0 Å². The molecular weight excluding hydrogens is 200 g/mol. The molecule has 1 aliphatic rings. The van der Waals surface area contributed by atoms with Gasteiger partial charge in [0.2, 0.25) is 0 Å². The molecule has 0 bridgehead atoms. The number of fused-ring (bicyclic) bond motifs is 1. The van der Waals surface area contributed by atoms with Crippen molar-refractivity contribution < 1.29 is 0 Å². The van der Waals surface area contributed by atoms with Crippen LogP contribution in [-0.4, -0.2) is 29.0 Å². The Hall–Kier alpha value is -1.58. The molecule has 84 valence electrons. The number of rotatable bonds is 2. The maximum atomic E-state index is 4.58. The molecule has 0 spiro atoms. The van der Waals surface area contributed by atoms with E-state index in [-0.39, 0.29) is 0 Å². The molecule has 2 aromatic rings. The zero-order chi connectivity index (χ0) is 11.1. The van der Waals surface area contributed by atoms with Crippen LogP contribution in [0.5, 0.6) is 0 Å². The van der Waals surface area contributed by atoms with Crippen molar-refractivity contribution in [2.75, 3.05) is 19.0 Å². The molecule has 0 aliphatic heterocycles. The van der Waals surface area contributed by atoms with Crippen molar-refractivity contribution in [2.24, 2.45) is 0 Å². The lowest BCUT2D eigenvalue weighted by Crippen LogP contribution is -2.10. The van der Waals surface area contributed by atoms with Gasteiger partial charge in [0.05, 0.1) is 5.52 Å². The second kappa shape index (κ2) is 3.47. The van der Waals surface area contributed by atoms with Gasteiger partial charge in [0.25, 0.3) is 0 Å². The summed E-state index contributed by atoms with van der Waals surface area (Å²) in [6.45, 7) is 0. The number of H-pyrrole nitrogens is 1. The van der Waals surface area contributed by atoms with E-state index >= 15 is 0 Å². The number of nitrogens with one attached hydrogen (secondary N) is 1. The van der Waals surface area contributed by atoms with E-state index in [4.69, 9.17) is 0 Å². The molecule has 2 heterocycles. The third kappa shape index (κ3) is 1.45. The highest BCUT2D eigenvalue weighted by molar-refractivity contribution is 5.73. The average Bonchev–Trinajstić information content (AvgIpc) is 2.56. The standard InChI is InChI=1S/C12H16N4/c1-16(2)10-7-6-9-12(14-10)15-11(13-9)8-4-3-5-8/h6-8H,3-5H2,1-2H3,(H,13,14,15). The number of aromatic amines is 1. The van der Waals surface area contributed by atoms with Gasteiger partial charge in [-0.05, 0) is 25.0 Å². The van der Waals surface area contributed by atoms with Crippen molar-refractivity contribution in [1.29, 1.82) is 0 Å². The molecule has 3 rings (SSSR count).